The second-order valence-corrected chi connectivity index (χ2v) is 5.95. The number of hydrogen-bond acceptors (Lipinski definition) is 3. The monoisotopic (exact) mass is 348 g/mol. The molecule has 0 aliphatic heterocycles. The van der Waals surface area contributed by atoms with E-state index in [4.69, 9.17) is 9.84 Å². The molecule has 0 saturated carbocycles. The van der Waals surface area contributed by atoms with Gasteiger partial charge in [-0.3, -0.25) is 0 Å². The molecule has 0 saturated heterocycles. The van der Waals surface area contributed by atoms with E-state index in [1.165, 1.54) is 6.08 Å². The zero-order valence-corrected chi connectivity index (χ0v) is 14.5. The first-order valence-electron chi connectivity index (χ1n) is 8.45. The predicted molar refractivity (Wildman–Crippen MR) is 102 cm³/mol. The van der Waals surface area contributed by atoms with E-state index >= 15 is 0 Å². The number of benzene rings is 3. The number of ether oxygens (including phenoxy) is 1. The summed E-state index contributed by atoms with van der Waals surface area (Å²) in [6, 6.07) is 17.1. The maximum absolute atomic E-state index is 10.9. The lowest BCUT2D eigenvalue weighted by Gasteiger charge is -2.15. The van der Waals surface area contributed by atoms with Crippen LogP contribution in [0.3, 0.4) is 0 Å². The third kappa shape index (κ3) is 3.70. The molecule has 3 rings (SSSR count). The van der Waals surface area contributed by atoms with Gasteiger partial charge in [0.15, 0.2) is 11.5 Å². The minimum Gasteiger partial charge on any atom is -0.504 e. The fourth-order valence-electron chi connectivity index (χ4n) is 2.97. The molecular weight excluding hydrogens is 328 g/mol. The number of carboxylic acid groups (broad SMARTS) is 1. The quantitative estimate of drug-likeness (QED) is 0.629. The third-order valence-electron chi connectivity index (χ3n) is 4.24. The molecule has 0 amide bonds. The van der Waals surface area contributed by atoms with Crippen LogP contribution in [0, 0.1) is 0 Å². The summed E-state index contributed by atoms with van der Waals surface area (Å²) < 4.78 is 5.85. The van der Waals surface area contributed by atoms with E-state index in [9.17, 15) is 9.90 Å². The van der Waals surface area contributed by atoms with Gasteiger partial charge in [0.25, 0.3) is 0 Å². The number of carboxylic acids is 1. The van der Waals surface area contributed by atoms with Gasteiger partial charge >= 0.3 is 5.97 Å². The van der Waals surface area contributed by atoms with Crippen molar-refractivity contribution in [2.45, 2.75) is 20.0 Å². The van der Waals surface area contributed by atoms with Gasteiger partial charge in [0, 0.05) is 11.5 Å². The second kappa shape index (κ2) is 7.74. The molecule has 0 heterocycles. The Morgan fingerprint density at radius 2 is 1.88 bits per heavy atom. The largest absolute Gasteiger partial charge is 0.504 e. The van der Waals surface area contributed by atoms with Gasteiger partial charge < -0.3 is 14.9 Å². The van der Waals surface area contributed by atoms with Crippen molar-refractivity contribution in [3.8, 4) is 11.5 Å². The number of phenols is 1. The molecule has 0 spiro atoms. The van der Waals surface area contributed by atoms with Crippen molar-refractivity contribution in [3.05, 3.63) is 77.4 Å². The molecule has 0 fully saturated rings. The SMILES string of the molecule is CCc1cccc2c(/C=C/C(=O)O)cc(OCc3ccccc3)c(O)c12. The Morgan fingerprint density at radius 1 is 1.12 bits per heavy atom. The van der Waals surface area contributed by atoms with E-state index in [-0.39, 0.29) is 5.75 Å². The molecule has 3 aromatic rings. The van der Waals surface area contributed by atoms with Crippen LogP contribution in [0.5, 0.6) is 11.5 Å². The molecule has 2 N–H and O–H groups in total. The summed E-state index contributed by atoms with van der Waals surface area (Å²) >= 11 is 0. The summed E-state index contributed by atoms with van der Waals surface area (Å²) in [6.45, 7) is 2.33. The highest BCUT2D eigenvalue weighted by molar-refractivity contribution is 6.00. The van der Waals surface area contributed by atoms with Crippen LogP contribution in [-0.2, 0) is 17.8 Å². The van der Waals surface area contributed by atoms with Gasteiger partial charge in [-0.2, -0.15) is 0 Å². The van der Waals surface area contributed by atoms with Crippen molar-refractivity contribution < 1.29 is 19.7 Å². The second-order valence-electron chi connectivity index (χ2n) is 5.95. The number of hydrogen-bond donors (Lipinski definition) is 2. The zero-order chi connectivity index (χ0) is 18.5. The average Bonchev–Trinajstić information content (AvgIpc) is 2.66. The summed E-state index contributed by atoms with van der Waals surface area (Å²) in [6.07, 6.45) is 3.36. The van der Waals surface area contributed by atoms with Crippen molar-refractivity contribution >= 4 is 22.8 Å². The summed E-state index contributed by atoms with van der Waals surface area (Å²) in [5, 5.41) is 21.2. The topological polar surface area (TPSA) is 66.8 Å². The van der Waals surface area contributed by atoms with Gasteiger partial charge in [0.2, 0.25) is 0 Å². The van der Waals surface area contributed by atoms with Gasteiger partial charge in [-0.1, -0.05) is 55.5 Å². The number of aliphatic carboxylic acids is 1. The Hall–Kier alpha value is -3.27. The minimum atomic E-state index is -1.02. The lowest BCUT2D eigenvalue weighted by atomic mass is 9.97. The summed E-state index contributed by atoms with van der Waals surface area (Å²) in [5.41, 5.74) is 2.66. The molecule has 3 aromatic carbocycles. The Labute approximate surface area is 152 Å². The van der Waals surface area contributed by atoms with Crippen LogP contribution in [0.1, 0.15) is 23.6 Å². The smallest absolute Gasteiger partial charge is 0.328 e. The molecule has 4 heteroatoms. The van der Waals surface area contributed by atoms with Gasteiger partial charge in [-0.25, -0.2) is 4.79 Å². The van der Waals surface area contributed by atoms with Crippen LogP contribution in [0.25, 0.3) is 16.8 Å². The van der Waals surface area contributed by atoms with Crippen molar-refractivity contribution in [1.82, 2.24) is 0 Å². The van der Waals surface area contributed by atoms with Gasteiger partial charge in [0.1, 0.15) is 6.61 Å². The minimum absolute atomic E-state index is 0.0841. The Kier molecular flexibility index (Phi) is 5.23. The fraction of sp³-hybridized carbons (Fsp3) is 0.136. The number of aromatic hydroxyl groups is 1. The van der Waals surface area contributed by atoms with Gasteiger partial charge in [0.05, 0.1) is 0 Å². The summed E-state index contributed by atoms with van der Waals surface area (Å²) in [4.78, 5) is 10.9. The first-order valence-corrected chi connectivity index (χ1v) is 8.45. The standard InChI is InChI=1S/C22H20O4/c1-2-16-9-6-10-18-17(11-12-20(23)24)13-19(22(25)21(16)18)26-14-15-7-4-3-5-8-15/h3-13,25H,2,14H2,1H3,(H,23,24)/b12-11+. The highest BCUT2D eigenvalue weighted by Crippen LogP contribution is 2.40. The molecule has 0 aromatic heterocycles. The van der Waals surface area contributed by atoms with Crippen molar-refractivity contribution in [2.24, 2.45) is 0 Å². The lowest BCUT2D eigenvalue weighted by Crippen LogP contribution is -1.97. The first kappa shape index (κ1) is 17.5. The maximum Gasteiger partial charge on any atom is 0.328 e. The number of fused-ring (bicyclic) bond motifs is 1. The van der Waals surface area contributed by atoms with E-state index in [1.807, 2.05) is 55.5 Å². The lowest BCUT2D eigenvalue weighted by molar-refractivity contribution is -0.131. The van der Waals surface area contributed by atoms with Crippen LogP contribution in [0.15, 0.2) is 60.7 Å². The highest BCUT2D eigenvalue weighted by atomic mass is 16.5. The number of rotatable bonds is 6. The van der Waals surface area contributed by atoms with Crippen LogP contribution in [0.4, 0.5) is 0 Å². The molecule has 0 unspecified atom stereocenters. The van der Waals surface area contributed by atoms with E-state index in [1.54, 1.807) is 6.07 Å². The van der Waals surface area contributed by atoms with E-state index in [0.717, 1.165) is 29.0 Å². The molecular formula is C22H20O4. The average molecular weight is 348 g/mol. The molecule has 0 aliphatic rings. The van der Waals surface area contributed by atoms with Crippen LogP contribution in [-0.4, -0.2) is 16.2 Å². The molecule has 0 aliphatic carbocycles. The predicted octanol–water partition coefficient (Wildman–Crippen LogP) is 4.78. The van der Waals surface area contributed by atoms with Crippen molar-refractivity contribution in [2.75, 3.05) is 0 Å². The van der Waals surface area contributed by atoms with Crippen molar-refractivity contribution in [1.29, 1.82) is 0 Å². The Bertz CT molecular complexity index is 959. The number of phenolic OH excluding ortho intramolecular Hbond substituents is 1. The Morgan fingerprint density at radius 3 is 2.58 bits per heavy atom. The van der Waals surface area contributed by atoms with Gasteiger partial charge in [-0.15, -0.1) is 0 Å². The molecule has 132 valence electrons. The van der Waals surface area contributed by atoms with Crippen LogP contribution >= 0.6 is 0 Å². The molecule has 4 nitrogen and oxygen atoms in total. The summed E-state index contributed by atoms with van der Waals surface area (Å²) in [5.74, 6) is -0.599. The first-order chi connectivity index (χ1) is 12.6. The summed E-state index contributed by atoms with van der Waals surface area (Å²) in [7, 11) is 0. The third-order valence-corrected chi connectivity index (χ3v) is 4.24. The molecule has 26 heavy (non-hydrogen) atoms. The van der Waals surface area contributed by atoms with Gasteiger partial charge in [-0.05, 0) is 40.6 Å². The molecule has 0 bridgehead atoms. The maximum atomic E-state index is 10.9. The number of carbonyl (C=O) groups is 1. The van der Waals surface area contributed by atoms with E-state index in [0.29, 0.717) is 23.3 Å². The molecule has 0 atom stereocenters. The normalized spacial score (nSPS) is 11.1. The Balaban J connectivity index is 2.10. The zero-order valence-electron chi connectivity index (χ0n) is 14.5. The van der Waals surface area contributed by atoms with Crippen molar-refractivity contribution in [3.63, 3.8) is 0 Å². The van der Waals surface area contributed by atoms with Crippen LogP contribution < -0.4 is 4.74 Å². The van der Waals surface area contributed by atoms with Crippen LogP contribution in [0.2, 0.25) is 0 Å². The van der Waals surface area contributed by atoms with E-state index in [2.05, 4.69) is 0 Å². The highest BCUT2D eigenvalue weighted by Gasteiger charge is 2.14. The molecule has 0 radical (unpaired) electrons. The number of aryl methyl sites for hydroxylation is 1. The van der Waals surface area contributed by atoms with E-state index < -0.39 is 5.97 Å². The fourth-order valence-corrected chi connectivity index (χ4v) is 2.97.